The van der Waals surface area contributed by atoms with Crippen molar-refractivity contribution in [3.63, 3.8) is 0 Å². The SMILES string of the molecule is C[C@H](C(=O)NC(C)(C)C)N(Cc1c(Cl)cccc1Cl)C(=O)CN(c1ccc(F)cc1)S(=O)(=O)c1ccc2c(c1)OCCO2. The van der Waals surface area contributed by atoms with Crippen LogP contribution in [0.1, 0.15) is 33.3 Å². The molecule has 1 aliphatic rings. The van der Waals surface area contributed by atoms with Crippen molar-refractivity contribution in [2.75, 3.05) is 24.1 Å². The maximum absolute atomic E-state index is 14.1. The Kier molecular flexibility index (Phi) is 9.78. The summed E-state index contributed by atoms with van der Waals surface area (Å²) in [5.74, 6) is -1.16. The number of carbonyl (C=O) groups excluding carboxylic acids is 2. The number of nitrogens with zero attached hydrogens (tertiary/aromatic N) is 2. The van der Waals surface area contributed by atoms with Crippen LogP contribution >= 0.6 is 23.2 Å². The molecule has 0 saturated carbocycles. The summed E-state index contributed by atoms with van der Waals surface area (Å²) in [6.45, 7) is 6.57. The van der Waals surface area contributed by atoms with Crippen molar-refractivity contribution in [2.45, 2.75) is 50.7 Å². The molecule has 3 aromatic rings. The number of hydrogen-bond donors (Lipinski definition) is 1. The van der Waals surface area contributed by atoms with Crippen LogP contribution in [-0.4, -0.2) is 56.5 Å². The first-order valence-electron chi connectivity index (χ1n) is 13.4. The Labute approximate surface area is 260 Å². The Balaban J connectivity index is 1.76. The topological polar surface area (TPSA) is 105 Å². The molecule has 9 nitrogen and oxygen atoms in total. The summed E-state index contributed by atoms with van der Waals surface area (Å²) in [5, 5.41) is 3.39. The highest BCUT2D eigenvalue weighted by Crippen LogP contribution is 2.34. The smallest absolute Gasteiger partial charge is 0.264 e. The predicted molar refractivity (Wildman–Crippen MR) is 163 cm³/mol. The fraction of sp³-hybridized carbons (Fsp3) is 0.333. The fourth-order valence-electron chi connectivity index (χ4n) is 4.36. The van der Waals surface area contributed by atoms with Crippen molar-refractivity contribution in [2.24, 2.45) is 0 Å². The van der Waals surface area contributed by atoms with Gasteiger partial charge in [0.1, 0.15) is 31.6 Å². The van der Waals surface area contributed by atoms with Crippen molar-refractivity contribution >= 4 is 50.7 Å². The second kappa shape index (κ2) is 13.0. The number of fused-ring (bicyclic) bond motifs is 1. The number of rotatable bonds is 9. The first-order chi connectivity index (χ1) is 20.2. The molecule has 0 bridgehead atoms. The average molecular weight is 653 g/mol. The molecule has 0 aromatic heterocycles. The van der Waals surface area contributed by atoms with E-state index in [1.165, 1.54) is 42.2 Å². The number of hydrogen-bond acceptors (Lipinski definition) is 6. The second-order valence-electron chi connectivity index (χ2n) is 10.9. The molecule has 0 saturated heterocycles. The number of anilines is 1. The Morgan fingerprint density at radius 2 is 1.58 bits per heavy atom. The molecule has 230 valence electrons. The summed E-state index contributed by atoms with van der Waals surface area (Å²) in [6.07, 6.45) is 0. The van der Waals surface area contributed by atoms with Crippen LogP contribution in [0, 0.1) is 5.82 Å². The minimum Gasteiger partial charge on any atom is -0.486 e. The quantitative estimate of drug-likeness (QED) is 0.331. The van der Waals surface area contributed by atoms with E-state index >= 15 is 0 Å². The van der Waals surface area contributed by atoms with Gasteiger partial charge in [-0.05, 0) is 76.2 Å². The Morgan fingerprint density at radius 3 is 2.19 bits per heavy atom. The van der Waals surface area contributed by atoms with E-state index in [2.05, 4.69) is 5.32 Å². The molecule has 3 aromatic carbocycles. The Bertz CT molecular complexity index is 1590. The van der Waals surface area contributed by atoms with Gasteiger partial charge >= 0.3 is 0 Å². The van der Waals surface area contributed by atoms with Gasteiger partial charge in [-0.25, -0.2) is 12.8 Å². The van der Waals surface area contributed by atoms with Crippen LogP contribution < -0.4 is 19.1 Å². The molecule has 1 atom stereocenters. The average Bonchev–Trinajstić information content (AvgIpc) is 2.94. The zero-order valence-electron chi connectivity index (χ0n) is 24.1. The third-order valence-corrected chi connectivity index (χ3v) is 9.03. The van der Waals surface area contributed by atoms with Crippen LogP contribution in [0.3, 0.4) is 0 Å². The summed E-state index contributed by atoms with van der Waals surface area (Å²) in [6, 6.07) is 12.6. The predicted octanol–water partition coefficient (Wildman–Crippen LogP) is 5.43. The number of amides is 2. The standard InChI is InChI=1S/C30H32Cl2FN3O6S/c1-19(29(38)34-30(2,3)4)35(17-23-24(31)6-5-7-25(23)32)28(37)18-36(21-10-8-20(33)9-11-21)43(39,40)22-12-13-26-27(16-22)42-15-14-41-26/h5-13,16,19H,14-15,17-18H2,1-4H3,(H,34,38)/t19-/m1/s1. The zero-order chi connectivity index (χ0) is 31.5. The van der Waals surface area contributed by atoms with Gasteiger partial charge in [0.2, 0.25) is 11.8 Å². The van der Waals surface area contributed by atoms with E-state index in [0.29, 0.717) is 17.9 Å². The van der Waals surface area contributed by atoms with Crippen LogP contribution in [0.2, 0.25) is 10.0 Å². The summed E-state index contributed by atoms with van der Waals surface area (Å²) in [7, 11) is -4.42. The van der Waals surface area contributed by atoms with Crippen molar-refractivity contribution < 1.29 is 31.9 Å². The lowest BCUT2D eigenvalue weighted by atomic mass is 10.1. The number of ether oxygens (including phenoxy) is 2. The fourth-order valence-corrected chi connectivity index (χ4v) is 6.30. The molecule has 0 aliphatic carbocycles. The van der Waals surface area contributed by atoms with E-state index < -0.39 is 45.8 Å². The lowest BCUT2D eigenvalue weighted by molar-refractivity contribution is -0.140. The molecular weight excluding hydrogens is 620 g/mol. The van der Waals surface area contributed by atoms with Crippen molar-refractivity contribution in [1.82, 2.24) is 10.2 Å². The summed E-state index contributed by atoms with van der Waals surface area (Å²) in [4.78, 5) is 28.4. The van der Waals surface area contributed by atoms with E-state index in [0.717, 1.165) is 16.4 Å². The van der Waals surface area contributed by atoms with E-state index in [4.69, 9.17) is 32.7 Å². The van der Waals surface area contributed by atoms with E-state index in [1.807, 2.05) is 0 Å². The lowest BCUT2D eigenvalue weighted by Gasteiger charge is -2.34. The van der Waals surface area contributed by atoms with Gasteiger partial charge in [0.05, 0.1) is 10.6 Å². The van der Waals surface area contributed by atoms with Crippen LogP contribution in [0.25, 0.3) is 0 Å². The third kappa shape index (κ3) is 7.70. The number of carbonyl (C=O) groups is 2. The maximum Gasteiger partial charge on any atom is 0.264 e. The first-order valence-corrected chi connectivity index (χ1v) is 15.6. The highest BCUT2D eigenvalue weighted by atomic mass is 35.5. The van der Waals surface area contributed by atoms with Gasteiger partial charge in [0, 0.05) is 33.8 Å². The van der Waals surface area contributed by atoms with Gasteiger partial charge in [-0.15, -0.1) is 0 Å². The van der Waals surface area contributed by atoms with Crippen LogP contribution in [-0.2, 0) is 26.2 Å². The van der Waals surface area contributed by atoms with Gasteiger partial charge in [-0.1, -0.05) is 29.3 Å². The van der Waals surface area contributed by atoms with Gasteiger partial charge in [-0.2, -0.15) is 0 Å². The molecule has 0 unspecified atom stereocenters. The minimum absolute atomic E-state index is 0.0344. The van der Waals surface area contributed by atoms with Crippen LogP contribution in [0.5, 0.6) is 11.5 Å². The second-order valence-corrected chi connectivity index (χ2v) is 13.6. The van der Waals surface area contributed by atoms with Gasteiger partial charge in [-0.3, -0.25) is 13.9 Å². The first kappa shape index (κ1) is 32.4. The number of sulfonamides is 1. The number of nitrogens with one attached hydrogen (secondary N) is 1. The van der Waals surface area contributed by atoms with Gasteiger partial charge in [0.25, 0.3) is 10.0 Å². The highest BCUT2D eigenvalue weighted by Gasteiger charge is 2.34. The van der Waals surface area contributed by atoms with E-state index in [-0.39, 0.29) is 39.5 Å². The molecule has 0 spiro atoms. The molecule has 4 rings (SSSR count). The largest absolute Gasteiger partial charge is 0.486 e. The zero-order valence-corrected chi connectivity index (χ0v) is 26.4. The van der Waals surface area contributed by atoms with Gasteiger partial charge in [0.15, 0.2) is 11.5 Å². The van der Waals surface area contributed by atoms with E-state index in [9.17, 15) is 22.4 Å². The molecular formula is C30H32Cl2FN3O6S. The maximum atomic E-state index is 14.1. The normalized spacial score (nSPS) is 13.7. The monoisotopic (exact) mass is 651 g/mol. The number of halogens is 3. The minimum atomic E-state index is -4.42. The van der Waals surface area contributed by atoms with Crippen molar-refractivity contribution in [3.8, 4) is 11.5 Å². The molecule has 1 heterocycles. The molecule has 43 heavy (non-hydrogen) atoms. The molecule has 1 N–H and O–H groups in total. The van der Waals surface area contributed by atoms with Crippen molar-refractivity contribution in [1.29, 1.82) is 0 Å². The summed E-state index contributed by atoms with van der Waals surface area (Å²) in [5.41, 5.74) is -0.186. The molecule has 0 fully saturated rings. The van der Waals surface area contributed by atoms with Gasteiger partial charge < -0.3 is 19.7 Å². The molecule has 0 radical (unpaired) electrons. The molecule has 13 heteroatoms. The van der Waals surface area contributed by atoms with Crippen LogP contribution in [0.15, 0.2) is 65.6 Å². The molecule has 2 amide bonds. The Hall–Kier alpha value is -3.54. The summed E-state index contributed by atoms with van der Waals surface area (Å²) < 4.78 is 53.9. The number of benzene rings is 3. The van der Waals surface area contributed by atoms with E-state index in [1.54, 1.807) is 39.0 Å². The highest BCUT2D eigenvalue weighted by molar-refractivity contribution is 7.92. The summed E-state index contributed by atoms with van der Waals surface area (Å²) >= 11 is 12.8. The third-order valence-electron chi connectivity index (χ3n) is 6.55. The van der Waals surface area contributed by atoms with Crippen molar-refractivity contribution in [3.05, 3.63) is 82.1 Å². The lowest BCUT2D eigenvalue weighted by Crippen LogP contribution is -2.54. The molecule has 1 aliphatic heterocycles. The van der Waals surface area contributed by atoms with Crippen LogP contribution in [0.4, 0.5) is 10.1 Å². The Morgan fingerprint density at radius 1 is 0.977 bits per heavy atom.